The van der Waals surface area contributed by atoms with Crippen molar-refractivity contribution in [1.29, 1.82) is 0 Å². The van der Waals surface area contributed by atoms with Gasteiger partial charge in [-0.25, -0.2) is 0 Å². The second-order valence-electron chi connectivity index (χ2n) is 3.14. The van der Waals surface area contributed by atoms with E-state index in [-0.39, 0.29) is 12.0 Å². The SMILES string of the molecule is C[N+](C)(C)C/C(O)=[P+](\[O-])O. The van der Waals surface area contributed by atoms with Crippen LogP contribution in [0.4, 0.5) is 0 Å². The summed E-state index contributed by atoms with van der Waals surface area (Å²) in [5.41, 5.74) is -0.345. The minimum Gasteiger partial charge on any atom is -0.601 e. The molecule has 0 heterocycles. The molecule has 0 rings (SSSR count). The van der Waals surface area contributed by atoms with Crippen molar-refractivity contribution in [2.45, 2.75) is 0 Å². The molecule has 0 saturated carbocycles. The molecule has 0 radical (unpaired) electrons. The first-order chi connectivity index (χ1) is 4.33. The minimum atomic E-state index is -2.52. The smallest absolute Gasteiger partial charge is 0.308 e. The van der Waals surface area contributed by atoms with Gasteiger partial charge in [0.25, 0.3) is 8.00 Å². The Balaban J connectivity index is 4.06. The molecule has 0 aromatic carbocycles. The molecule has 0 saturated heterocycles. The second kappa shape index (κ2) is 3.42. The number of aliphatic hydroxyl groups excluding tert-OH is 1. The van der Waals surface area contributed by atoms with Gasteiger partial charge in [0.2, 0.25) is 0 Å². The molecule has 5 heteroatoms. The molecule has 1 atom stereocenters. The van der Waals surface area contributed by atoms with Gasteiger partial charge in [-0.2, -0.15) is 4.89 Å². The van der Waals surface area contributed by atoms with E-state index in [0.29, 0.717) is 4.48 Å². The first kappa shape index (κ1) is 10.0. The number of hydrogen-bond donors (Lipinski definition) is 2. The van der Waals surface area contributed by atoms with Gasteiger partial charge in [-0.05, 0) is 0 Å². The number of likely N-dealkylation sites (N-methyl/N-ethyl adjacent to an activating group) is 1. The zero-order valence-electron chi connectivity index (χ0n) is 6.40. The van der Waals surface area contributed by atoms with Gasteiger partial charge >= 0.3 is 5.48 Å². The summed E-state index contributed by atoms with van der Waals surface area (Å²) in [7, 11) is 2.97. The van der Waals surface area contributed by atoms with Gasteiger partial charge in [-0.3, -0.25) is 0 Å². The third-order valence-electron chi connectivity index (χ3n) is 0.837. The van der Waals surface area contributed by atoms with Crippen molar-refractivity contribution < 1.29 is 19.4 Å². The highest BCUT2D eigenvalue weighted by molar-refractivity contribution is 7.45. The number of hydrogen-bond acceptors (Lipinski definition) is 2. The Kier molecular flexibility index (Phi) is 3.42. The van der Waals surface area contributed by atoms with Crippen LogP contribution in [-0.2, 0) is 0 Å². The molecule has 0 bridgehead atoms. The molecule has 0 aliphatic heterocycles. The molecule has 0 aliphatic carbocycles. The summed E-state index contributed by atoms with van der Waals surface area (Å²) in [6, 6.07) is 0. The lowest BCUT2D eigenvalue weighted by Crippen LogP contribution is -2.39. The Hall–Kier alpha value is 0.01000. The van der Waals surface area contributed by atoms with Gasteiger partial charge in [-0.15, -0.1) is 0 Å². The molecule has 0 aromatic heterocycles. The first-order valence-electron chi connectivity index (χ1n) is 2.84. The van der Waals surface area contributed by atoms with Crippen molar-refractivity contribution in [2.24, 2.45) is 0 Å². The van der Waals surface area contributed by atoms with Crippen LogP contribution in [0.15, 0.2) is 0 Å². The largest absolute Gasteiger partial charge is 0.601 e. The molecule has 4 nitrogen and oxygen atoms in total. The molecule has 2 N–H and O–H groups in total. The van der Waals surface area contributed by atoms with Crippen LogP contribution in [0.5, 0.6) is 0 Å². The Labute approximate surface area is 61.5 Å². The molecule has 60 valence electrons. The number of nitrogens with zero attached hydrogens (tertiary/aromatic N) is 1. The lowest BCUT2D eigenvalue weighted by molar-refractivity contribution is -0.861. The summed E-state index contributed by atoms with van der Waals surface area (Å²) in [6.07, 6.45) is 0. The molecular weight excluding hydrogens is 153 g/mol. The van der Waals surface area contributed by atoms with Crippen LogP contribution < -0.4 is 4.89 Å². The van der Waals surface area contributed by atoms with E-state index in [9.17, 15) is 4.89 Å². The van der Waals surface area contributed by atoms with Gasteiger partial charge in [0.1, 0.15) is 0 Å². The quantitative estimate of drug-likeness (QED) is 0.402. The van der Waals surface area contributed by atoms with Crippen LogP contribution >= 0.6 is 8.00 Å². The summed E-state index contributed by atoms with van der Waals surface area (Å²) < 4.78 is 0.452. The normalized spacial score (nSPS) is 15.0. The maximum Gasteiger partial charge on any atom is 0.308 e. The molecule has 1 unspecified atom stereocenters. The van der Waals surface area contributed by atoms with E-state index in [1.165, 1.54) is 0 Å². The third kappa shape index (κ3) is 4.85. The van der Waals surface area contributed by atoms with Crippen LogP contribution in [0.2, 0.25) is 0 Å². The zero-order chi connectivity index (χ0) is 8.36. The van der Waals surface area contributed by atoms with Crippen LogP contribution in [0, 0.1) is 0 Å². The van der Waals surface area contributed by atoms with E-state index in [1.807, 2.05) is 21.1 Å². The van der Waals surface area contributed by atoms with E-state index in [2.05, 4.69) is 0 Å². The Morgan fingerprint density at radius 2 is 1.90 bits per heavy atom. The Bertz CT molecular complexity index is 145. The predicted molar refractivity (Wildman–Crippen MR) is 39.0 cm³/mol. The summed E-state index contributed by atoms with van der Waals surface area (Å²) in [5, 5.41) is 8.83. The summed E-state index contributed by atoms with van der Waals surface area (Å²) in [4.78, 5) is 18.6. The van der Waals surface area contributed by atoms with Gasteiger partial charge in [0, 0.05) is 0 Å². The standard InChI is InChI=1S/C5H12NO3P/c1-6(2,3)4-5(7)10(8)9/h4H2,1-3H3,(H-,7,8,9)/p+1. The van der Waals surface area contributed by atoms with Crippen molar-refractivity contribution in [3.8, 4) is 0 Å². The van der Waals surface area contributed by atoms with Crippen molar-refractivity contribution in [3.05, 3.63) is 0 Å². The van der Waals surface area contributed by atoms with Crippen molar-refractivity contribution in [3.63, 3.8) is 0 Å². The van der Waals surface area contributed by atoms with E-state index in [4.69, 9.17) is 10.00 Å². The molecule has 0 fully saturated rings. The Morgan fingerprint density at radius 3 is 2.00 bits per heavy atom. The van der Waals surface area contributed by atoms with Gasteiger partial charge in [0.15, 0.2) is 6.54 Å². The van der Waals surface area contributed by atoms with E-state index in [0.717, 1.165) is 0 Å². The Morgan fingerprint density at radius 1 is 1.50 bits per heavy atom. The van der Waals surface area contributed by atoms with Crippen molar-refractivity contribution >= 4 is 13.5 Å². The molecule has 0 amide bonds. The van der Waals surface area contributed by atoms with Gasteiger partial charge in [-0.1, -0.05) is 0 Å². The average molecular weight is 166 g/mol. The fourth-order valence-electron chi connectivity index (χ4n) is 0.485. The van der Waals surface area contributed by atoms with Crippen molar-refractivity contribution in [2.75, 3.05) is 27.7 Å². The fourth-order valence-corrected chi connectivity index (χ4v) is 1.03. The summed E-state index contributed by atoms with van der Waals surface area (Å²) in [6.45, 7) is 0.214. The molecule has 10 heavy (non-hydrogen) atoms. The molecule has 0 aromatic rings. The van der Waals surface area contributed by atoms with Crippen LogP contribution in [0.3, 0.4) is 0 Å². The predicted octanol–water partition coefficient (Wildman–Crippen LogP) is -1.14. The van der Waals surface area contributed by atoms with Crippen molar-refractivity contribution in [1.82, 2.24) is 0 Å². The monoisotopic (exact) mass is 166 g/mol. The average Bonchev–Trinajstić information content (AvgIpc) is 1.60. The summed E-state index contributed by atoms with van der Waals surface area (Å²) >= 11 is 0. The van der Waals surface area contributed by atoms with Crippen LogP contribution in [-0.4, -0.2) is 47.7 Å². The topological polar surface area (TPSA) is 63.5 Å². The maximum absolute atomic E-state index is 10.2. The molecular formula is C5H13NO3P+. The molecule has 0 spiro atoms. The van der Waals surface area contributed by atoms with Crippen LogP contribution in [0.25, 0.3) is 0 Å². The third-order valence-corrected chi connectivity index (χ3v) is 1.42. The lowest BCUT2D eigenvalue weighted by atomic mass is 10.5. The first-order valence-corrected chi connectivity index (χ1v) is 4.05. The van der Waals surface area contributed by atoms with Crippen LogP contribution in [0.1, 0.15) is 0 Å². The second-order valence-corrected chi connectivity index (χ2v) is 4.20. The van der Waals surface area contributed by atoms with Gasteiger partial charge in [0.05, 0.1) is 21.1 Å². The molecule has 0 aliphatic rings. The maximum atomic E-state index is 10.2. The zero-order valence-corrected chi connectivity index (χ0v) is 7.30. The minimum absolute atomic E-state index is 0.214. The van der Waals surface area contributed by atoms with E-state index >= 15 is 0 Å². The summed E-state index contributed by atoms with van der Waals surface area (Å²) in [5.74, 6) is 0. The fraction of sp³-hybridized carbons (Fsp3) is 0.800. The number of aliphatic hydroxyl groups is 1. The highest BCUT2D eigenvalue weighted by Gasteiger charge is 2.16. The van der Waals surface area contributed by atoms with E-state index in [1.54, 1.807) is 0 Å². The van der Waals surface area contributed by atoms with E-state index < -0.39 is 8.00 Å². The highest BCUT2D eigenvalue weighted by atomic mass is 31.1. The highest BCUT2D eigenvalue weighted by Crippen LogP contribution is 2.05. The lowest BCUT2D eigenvalue weighted by Gasteiger charge is -2.21. The van der Waals surface area contributed by atoms with Gasteiger partial charge < -0.3 is 14.5 Å². The number of rotatable bonds is 2. The number of quaternary nitrogens is 1.